The molecule has 2 aromatic heterocycles. The number of aromatic amines is 2. The zero-order valence-electron chi connectivity index (χ0n) is 15.0. The minimum absolute atomic E-state index is 0.726. The molecular weight excluding hydrogens is 312 g/mol. The first-order valence-electron chi connectivity index (χ1n) is 8.96. The molecule has 4 nitrogen and oxygen atoms in total. The number of H-pyrrole nitrogens is 2. The Labute approximate surface area is 149 Å². The summed E-state index contributed by atoms with van der Waals surface area (Å²) in [5.41, 5.74) is 4.07. The molecule has 3 rings (SSSR count). The fourth-order valence-electron chi connectivity index (χ4n) is 2.98. The number of methoxy groups -OCH3 is 1. The summed E-state index contributed by atoms with van der Waals surface area (Å²) >= 11 is 0. The molecule has 0 saturated heterocycles. The van der Waals surface area contributed by atoms with Crippen molar-refractivity contribution in [1.29, 1.82) is 0 Å². The summed E-state index contributed by atoms with van der Waals surface area (Å²) in [5, 5.41) is 0. The van der Waals surface area contributed by atoms with Gasteiger partial charge in [-0.2, -0.15) is 0 Å². The second-order valence-corrected chi connectivity index (χ2v) is 6.13. The first kappa shape index (κ1) is 17.2. The maximum absolute atomic E-state index is 6.16. The van der Waals surface area contributed by atoms with Crippen LogP contribution in [-0.4, -0.2) is 23.7 Å². The average molecular weight is 338 g/mol. The van der Waals surface area contributed by atoms with E-state index in [1.54, 1.807) is 7.11 Å². The Balaban J connectivity index is 1.93. The molecule has 2 N–H and O–H groups in total. The van der Waals surface area contributed by atoms with Crippen molar-refractivity contribution >= 4 is 0 Å². The molecule has 1 aromatic carbocycles. The second-order valence-electron chi connectivity index (χ2n) is 6.13. The molecule has 132 valence electrons. The highest BCUT2D eigenvalue weighted by molar-refractivity contribution is 5.78. The van der Waals surface area contributed by atoms with E-state index in [1.807, 2.05) is 42.7 Å². The van der Waals surface area contributed by atoms with E-state index in [4.69, 9.17) is 9.47 Å². The molecule has 0 aliphatic heterocycles. The van der Waals surface area contributed by atoms with E-state index in [2.05, 4.69) is 23.0 Å². The van der Waals surface area contributed by atoms with Crippen LogP contribution in [0.5, 0.6) is 11.5 Å². The maximum atomic E-state index is 6.16. The van der Waals surface area contributed by atoms with Gasteiger partial charge in [0.25, 0.3) is 0 Å². The molecule has 0 aliphatic carbocycles. The minimum Gasteiger partial charge on any atom is -0.496 e. The van der Waals surface area contributed by atoms with E-state index >= 15 is 0 Å². The number of nitrogens with one attached hydrogen (secondary N) is 2. The Morgan fingerprint density at radius 2 is 1.48 bits per heavy atom. The number of hydrogen-bond donors (Lipinski definition) is 2. The number of ether oxygens (including phenoxy) is 2. The van der Waals surface area contributed by atoms with Crippen LogP contribution in [0.15, 0.2) is 48.8 Å². The van der Waals surface area contributed by atoms with Crippen LogP contribution in [0.4, 0.5) is 0 Å². The van der Waals surface area contributed by atoms with Crippen LogP contribution in [0.2, 0.25) is 0 Å². The molecule has 3 aromatic rings. The topological polar surface area (TPSA) is 50.0 Å². The van der Waals surface area contributed by atoms with E-state index in [-0.39, 0.29) is 0 Å². The van der Waals surface area contributed by atoms with Gasteiger partial charge in [-0.1, -0.05) is 26.2 Å². The maximum Gasteiger partial charge on any atom is 0.129 e. The van der Waals surface area contributed by atoms with Crippen LogP contribution in [0.25, 0.3) is 22.5 Å². The Hall–Kier alpha value is -2.62. The zero-order valence-corrected chi connectivity index (χ0v) is 15.0. The predicted molar refractivity (Wildman–Crippen MR) is 102 cm³/mol. The lowest BCUT2D eigenvalue weighted by Crippen LogP contribution is -2.00. The van der Waals surface area contributed by atoms with E-state index in [0.717, 1.165) is 47.0 Å². The lowest BCUT2D eigenvalue weighted by Gasteiger charge is -2.16. The van der Waals surface area contributed by atoms with Gasteiger partial charge in [-0.25, -0.2) is 0 Å². The van der Waals surface area contributed by atoms with Crippen LogP contribution < -0.4 is 9.47 Å². The quantitative estimate of drug-likeness (QED) is 0.496. The van der Waals surface area contributed by atoms with Gasteiger partial charge in [-0.3, -0.25) is 0 Å². The Kier molecular flexibility index (Phi) is 5.83. The average Bonchev–Trinajstić information content (AvgIpc) is 3.34. The summed E-state index contributed by atoms with van der Waals surface area (Å²) in [5.74, 6) is 1.70. The first-order valence-corrected chi connectivity index (χ1v) is 8.96. The molecule has 0 atom stereocenters. The number of aromatic nitrogens is 2. The third kappa shape index (κ3) is 4.08. The lowest BCUT2D eigenvalue weighted by atomic mass is 10.0. The molecule has 4 heteroatoms. The Morgan fingerprint density at radius 1 is 0.840 bits per heavy atom. The monoisotopic (exact) mass is 338 g/mol. The summed E-state index contributed by atoms with van der Waals surface area (Å²) in [4.78, 5) is 6.52. The molecule has 0 unspecified atom stereocenters. The van der Waals surface area contributed by atoms with Gasteiger partial charge in [0.1, 0.15) is 11.5 Å². The van der Waals surface area contributed by atoms with Crippen LogP contribution >= 0.6 is 0 Å². The Bertz CT molecular complexity index is 762. The smallest absolute Gasteiger partial charge is 0.129 e. The van der Waals surface area contributed by atoms with Crippen molar-refractivity contribution in [2.45, 2.75) is 32.6 Å². The first-order chi connectivity index (χ1) is 12.3. The molecule has 0 bridgehead atoms. The highest BCUT2D eigenvalue weighted by Gasteiger charge is 2.15. The van der Waals surface area contributed by atoms with Crippen LogP contribution in [0.1, 0.15) is 32.6 Å². The molecule has 0 aliphatic rings. The van der Waals surface area contributed by atoms with Crippen molar-refractivity contribution in [1.82, 2.24) is 9.97 Å². The normalized spacial score (nSPS) is 10.8. The van der Waals surface area contributed by atoms with Crippen molar-refractivity contribution in [3.05, 3.63) is 48.8 Å². The zero-order chi connectivity index (χ0) is 17.5. The summed E-state index contributed by atoms with van der Waals surface area (Å²) in [6.07, 6.45) is 8.59. The molecule has 0 fully saturated rings. The largest absolute Gasteiger partial charge is 0.496 e. The van der Waals surface area contributed by atoms with E-state index < -0.39 is 0 Å². The van der Waals surface area contributed by atoms with Gasteiger partial charge < -0.3 is 19.4 Å². The molecular formula is C21H26N2O2. The number of hydrogen-bond acceptors (Lipinski definition) is 2. The lowest BCUT2D eigenvalue weighted by molar-refractivity contribution is 0.305. The molecule has 25 heavy (non-hydrogen) atoms. The standard InChI is InChI=1S/C21H26N2O2/c1-3-4-5-6-13-25-21-15-16(18-9-7-11-22-18)20(24-2)14-17(21)19-10-8-12-23-19/h7-12,14-15,22-23H,3-6,13H2,1-2H3. The van der Waals surface area contributed by atoms with E-state index in [9.17, 15) is 0 Å². The number of rotatable bonds is 9. The summed E-state index contributed by atoms with van der Waals surface area (Å²) in [6, 6.07) is 12.2. The highest BCUT2D eigenvalue weighted by Crippen LogP contribution is 2.40. The SMILES string of the molecule is CCCCCCOc1cc(-c2ccc[nH]2)c(OC)cc1-c1ccc[nH]1. The predicted octanol–water partition coefficient (Wildman–Crippen LogP) is 5.64. The van der Waals surface area contributed by atoms with E-state index in [0.29, 0.717) is 0 Å². The van der Waals surface area contributed by atoms with Crippen molar-refractivity contribution < 1.29 is 9.47 Å². The summed E-state index contributed by atoms with van der Waals surface area (Å²) in [7, 11) is 1.70. The molecule has 0 saturated carbocycles. The van der Waals surface area contributed by atoms with Gasteiger partial charge in [0, 0.05) is 34.9 Å². The third-order valence-corrected chi connectivity index (χ3v) is 4.33. The molecule has 0 radical (unpaired) electrons. The second kappa shape index (κ2) is 8.47. The fourth-order valence-corrected chi connectivity index (χ4v) is 2.98. The fraction of sp³-hybridized carbons (Fsp3) is 0.333. The van der Waals surface area contributed by atoms with Gasteiger partial charge in [-0.05, 0) is 42.8 Å². The van der Waals surface area contributed by atoms with Gasteiger partial charge in [0.05, 0.1) is 13.7 Å². The van der Waals surface area contributed by atoms with Gasteiger partial charge >= 0.3 is 0 Å². The minimum atomic E-state index is 0.726. The third-order valence-electron chi connectivity index (χ3n) is 4.33. The van der Waals surface area contributed by atoms with Crippen LogP contribution in [0.3, 0.4) is 0 Å². The number of benzene rings is 1. The molecule has 0 spiro atoms. The van der Waals surface area contributed by atoms with Gasteiger partial charge in [0.15, 0.2) is 0 Å². The van der Waals surface area contributed by atoms with Crippen molar-refractivity contribution in [2.24, 2.45) is 0 Å². The Morgan fingerprint density at radius 3 is 2.04 bits per heavy atom. The van der Waals surface area contributed by atoms with Crippen LogP contribution in [0, 0.1) is 0 Å². The molecule has 0 amide bonds. The van der Waals surface area contributed by atoms with Gasteiger partial charge in [-0.15, -0.1) is 0 Å². The van der Waals surface area contributed by atoms with Crippen molar-refractivity contribution in [3.63, 3.8) is 0 Å². The summed E-state index contributed by atoms with van der Waals surface area (Å²) < 4.78 is 11.8. The van der Waals surface area contributed by atoms with E-state index in [1.165, 1.54) is 19.3 Å². The van der Waals surface area contributed by atoms with Gasteiger partial charge in [0.2, 0.25) is 0 Å². The van der Waals surface area contributed by atoms with Crippen LogP contribution in [-0.2, 0) is 0 Å². The van der Waals surface area contributed by atoms with Crippen molar-refractivity contribution in [3.8, 4) is 34.0 Å². The summed E-state index contributed by atoms with van der Waals surface area (Å²) in [6.45, 7) is 2.94. The number of unbranched alkanes of at least 4 members (excludes halogenated alkanes) is 3. The molecule has 2 heterocycles. The van der Waals surface area contributed by atoms with Crippen molar-refractivity contribution in [2.75, 3.05) is 13.7 Å². The highest BCUT2D eigenvalue weighted by atomic mass is 16.5.